The molecule has 1 aromatic heterocycles. The molecule has 0 aliphatic heterocycles. The Bertz CT molecular complexity index is 1510. The third kappa shape index (κ3) is 10.2. The van der Waals surface area contributed by atoms with Crippen LogP contribution in [0.25, 0.3) is 0 Å². The monoisotopic (exact) mass is 678 g/mol. The van der Waals surface area contributed by atoms with Gasteiger partial charge in [-0.15, -0.1) is 5.11 Å². The number of nitrogens with zero attached hydrogens (tertiary/aromatic N) is 7. The van der Waals surface area contributed by atoms with E-state index < -0.39 is 59.9 Å². The van der Waals surface area contributed by atoms with Crippen molar-refractivity contribution in [3.05, 3.63) is 100 Å². The van der Waals surface area contributed by atoms with Crippen LogP contribution in [0.15, 0.2) is 71.5 Å². The van der Waals surface area contributed by atoms with Crippen molar-refractivity contribution in [1.29, 1.82) is 0 Å². The summed E-state index contributed by atoms with van der Waals surface area (Å²) in [6, 6.07) is 3.81. The maximum Gasteiger partial charge on any atom is 0.416 e. The van der Waals surface area contributed by atoms with Crippen molar-refractivity contribution in [2.45, 2.75) is 64.5 Å². The number of hydrogen-bond donors (Lipinski definition) is 1. The molecule has 1 atom stereocenters. The molecular weight excluding hydrogens is 643 g/mol. The van der Waals surface area contributed by atoms with E-state index in [1.165, 1.54) is 13.1 Å². The molecule has 2 N–H and O–H groups in total. The average Bonchev–Trinajstić information content (AvgIpc) is 3.38. The first kappa shape index (κ1) is 37.3. The van der Waals surface area contributed by atoms with Crippen molar-refractivity contribution in [2.75, 3.05) is 20.6 Å². The van der Waals surface area contributed by atoms with Crippen LogP contribution in [0.1, 0.15) is 58.6 Å². The van der Waals surface area contributed by atoms with Gasteiger partial charge in [-0.05, 0) is 67.4 Å². The van der Waals surface area contributed by atoms with E-state index in [1.807, 2.05) is 23.3 Å². The summed E-state index contributed by atoms with van der Waals surface area (Å²) in [5.74, 6) is 5.97. The standard InChI is InChI=1S/C30H35F9N8/c1-6-27(44(4)11-12-46-10-9-41-19(46)2)26-8-7-23(28(31,32)33)15-22(26)18-47(20(3)42-43-45(5)40)17-21-13-24(29(34,35)36)16-25(14-21)30(37,38)39/h7-10,13-16,27H,3,6,11-12,17-18,40H2,1-2,4-5H3. The van der Waals surface area contributed by atoms with Gasteiger partial charge in [-0.1, -0.05) is 24.8 Å². The molecule has 47 heavy (non-hydrogen) atoms. The molecule has 3 rings (SSSR count). The summed E-state index contributed by atoms with van der Waals surface area (Å²) in [5.41, 5.74) is -3.93. The second kappa shape index (κ2) is 14.8. The van der Waals surface area contributed by atoms with Gasteiger partial charge in [-0.2, -0.15) is 39.5 Å². The minimum atomic E-state index is -5.11. The van der Waals surface area contributed by atoms with Gasteiger partial charge in [-0.3, -0.25) is 4.90 Å². The molecule has 17 heteroatoms. The predicted molar refractivity (Wildman–Crippen MR) is 156 cm³/mol. The molecule has 0 amide bonds. The first-order valence-electron chi connectivity index (χ1n) is 14.2. The zero-order chi connectivity index (χ0) is 35.3. The summed E-state index contributed by atoms with van der Waals surface area (Å²) in [7, 11) is 3.09. The van der Waals surface area contributed by atoms with Gasteiger partial charge in [0, 0.05) is 51.7 Å². The highest BCUT2D eigenvalue weighted by Gasteiger charge is 2.37. The van der Waals surface area contributed by atoms with E-state index in [9.17, 15) is 39.5 Å². The van der Waals surface area contributed by atoms with E-state index >= 15 is 0 Å². The fourth-order valence-electron chi connectivity index (χ4n) is 5.03. The number of aryl methyl sites for hydroxylation is 1. The average molecular weight is 679 g/mol. The molecule has 0 bridgehead atoms. The number of aromatic nitrogens is 2. The number of likely N-dealkylation sites (N-methyl/N-ethyl adjacent to an activating group) is 1. The summed E-state index contributed by atoms with van der Waals surface area (Å²) in [6.45, 7) is 7.35. The molecule has 0 saturated carbocycles. The van der Waals surface area contributed by atoms with Gasteiger partial charge in [0.05, 0.1) is 16.7 Å². The Labute approximate surface area is 265 Å². The van der Waals surface area contributed by atoms with E-state index in [1.54, 1.807) is 19.4 Å². The third-order valence-corrected chi connectivity index (χ3v) is 7.41. The summed E-state index contributed by atoms with van der Waals surface area (Å²) in [5, 5.41) is 8.17. The Morgan fingerprint density at radius 1 is 0.915 bits per heavy atom. The van der Waals surface area contributed by atoms with Crippen LogP contribution in [-0.2, 0) is 38.2 Å². The van der Waals surface area contributed by atoms with Crippen molar-refractivity contribution < 1.29 is 39.5 Å². The van der Waals surface area contributed by atoms with Gasteiger partial charge < -0.3 is 9.47 Å². The summed E-state index contributed by atoms with van der Waals surface area (Å²) < 4.78 is 125. The zero-order valence-electron chi connectivity index (χ0n) is 26.0. The van der Waals surface area contributed by atoms with Crippen LogP contribution < -0.4 is 5.84 Å². The molecule has 8 nitrogen and oxygen atoms in total. The van der Waals surface area contributed by atoms with Crippen LogP contribution in [0.5, 0.6) is 0 Å². The molecule has 0 saturated heterocycles. The van der Waals surface area contributed by atoms with E-state index in [0.29, 0.717) is 37.2 Å². The number of hydrazine groups is 1. The largest absolute Gasteiger partial charge is 0.416 e. The van der Waals surface area contributed by atoms with Crippen LogP contribution in [0, 0.1) is 6.92 Å². The number of halogens is 9. The second-order valence-electron chi connectivity index (χ2n) is 10.9. The number of alkyl halides is 9. The van der Waals surface area contributed by atoms with Gasteiger partial charge in [0.25, 0.3) is 0 Å². The lowest BCUT2D eigenvalue weighted by molar-refractivity contribution is -0.143. The van der Waals surface area contributed by atoms with Crippen LogP contribution >= 0.6 is 0 Å². The van der Waals surface area contributed by atoms with Crippen molar-refractivity contribution >= 4 is 0 Å². The number of benzene rings is 2. The number of nitrogens with two attached hydrogens (primary N) is 1. The van der Waals surface area contributed by atoms with Crippen LogP contribution in [0.2, 0.25) is 0 Å². The smallest absolute Gasteiger partial charge is 0.347 e. The Morgan fingerprint density at radius 2 is 1.51 bits per heavy atom. The maximum atomic E-state index is 13.9. The molecule has 0 aliphatic carbocycles. The Morgan fingerprint density at radius 3 is 2.00 bits per heavy atom. The fourth-order valence-corrected chi connectivity index (χ4v) is 5.03. The van der Waals surface area contributed by atoms with Gasteiger partial charge in [0.15, 0.2) is 0 Å². The fraction of sp³-hybridized carbons (Fsp3) is 0.433. The molecule has 0 radical (unpaired) electrons. The highest BCUT2D eigenvalue weighted by molar-refractivity contribution is 5.37. The van der Waals surface area contributed by atoms with E-state index in [0.717, 1.165) is 28.0 Å². The van der Waals surface area contributed by atoms with Gasteiger partial charge in [0.1, 0.15) is 11.6 Å². The zero-order valence-corrected chi connectivity index (χ0v) is 26.0. The second-order valence-corrected chi connectivity index (χ2v) is 10.9. The molecule has 0 aliphatic rings. The molecular formula is C30H35F9N8. The highest BCUT2D eigenvalue weighted by Crippen LogP contribution is 2.38. The van der Waals surface area contributed by atoms with Gasteiger partial charge in [-0.25, -0.2) is 15.9 Å². The van der Waals surface area contributed by atoms with Crippen molar-refractivity contribution in [1.82, 2.24) is 24.5 Å². The van der Waals surface area contributed by atoms with Crippen LogP contribution in [0.4, 0.5) is 39.5 Å². The first-order valence-corrected chi connectivity index (χ1v) is 14.2. The number of imidazole rings is 1. The Balaban J connectivity index is 2.11. The van der Waals surface area contributed by atoms with Crippen molar-refractivity contribution in [3.63, 3.8) is 0 Å². The molecule has 0 fully saturated rings. The van der Waals surface area contributed by atoms with Crippen LogP contribution in [0.3, 0.4) is 0 Å². The lowest BCUT2D eigenvalue weighted by atomic mass is 9.94. The summed E-state index contributed by atoms with van der Waals surface area (Å²) in [6.07, 6.45) is -11.1. The molecule has 1 unspecified atom stereocenters. The van der Waals surface area contributed by atoms with Gasteiger partial charge >= 0.3 is 18.5 Å². The summed E-state index contributed by atoms with van der Waals surface area (Å²) in [4.78, 5) is 7.27. The number of rotatable bonds is 13. The SMILES string of the molecule is C=C(N=NN(C)N)N(Cc1cc(C(F)(F)F)cc(C(F)(F)F)c1)Cc1cc(C(F)(F)F)ccc1C(CC)N(C)CCn1ccnc1C. The number of hydrogen-bond acceptors (Lipinski definition) is 6. The quantitative estimate of drug-likeness (QED) is 0.0859. The Hall–Kier alpha value is -4.12. The van der Waals surface area contributed by atoms with Crippen molar-refractivity contribution in [2.24, 2.45) is 16.2 Å². The molecule has 0 spiro atoms. The minimum Gasteiger partial charge on any atom is -0.347 e. The molecule has 3 aromatic rings. The van der Waals surface area contributed by atoms with Crippen LogP contribution in [-0.4, -0.2) is 45.1 Å². The molecule has 1 heterocycles. The molecule has 2 aromatic carbocycles. The van der Waals surface area contributed by atoms with E-state index in [4.69, 9.17) is 5.84 Å². The third-order valence-electron chi connectivity index (χ3n) is 7.41. The minimum absolute atomic E-state index is 0.0103. The summed E-state index contributed by atoms with van der Waals surface area (Å²) >= 11 is 0. The highest BCUT2D eigenvalue weighted by atomic mass is 19.4. The predicted octanol–water partition coefficient (Wildman–Crippen LogP) is 7.98. The first-order chi connectivity index (χ1) is 21.7. The molecule has 258 valence electrons. The van der Waals surface area contributed by atoms with E-state index in [-0.39, 0.29) is 17.5 Å². The normalized spacial score (nSPS) is 13.4. The topological polar surface area (TPSA) is 78.3 Å². The lowest BCUT2D eigenvalue weighted by Crippen LogP contribution is -2.30. The van der Waals surface area contributed by atoms with Gasteiger partial charge in [0.2, 0.25) is 0 Å². The maximum absolute atomic E-state index is 13.9. The Kier molecular flexibility index (Phi) is 11.7. The van der Waals surface area contributed by atoms with Crippen molar-refractivity contribution in [3.8, 4) is 0 Å². The van der Waals surface area contributed by atoms with E-state index in [2.05, 4.69) is 21.9 Å². The lowest BCUT2D eigenvalue weighted by Gasteiger charge is -2.32.